The van der Waals surface area contributed by atoms with Crippen molar-refractivity contribution in [3.63, 3.8) is 0 Å². The van der Waals surface area contributed by atoms with Crippen LogP contribution < -0.4 is 16.0 Å². The Labute approximate surface area is 494 Å². The molecule has 13 aromatic carbocycles. The Bertz CT molecular complexity index is 4530. The maximum absolute atomic E-state index is 3.64. The highest BCUT2D eigenvalue weighted by Crippen LogP contribution is 2.57. The highest BCUT2D eigenvalue weighted by atomic mass is 14.9. The second-order valence-corrected chi connectivity index (χ2v) is 23.5. The molecule has 404 valence electrons. The minimum Gasteiger partial charge on any atom is -0.356 e. The largest absolute Gasteiger partial charge is 0.356 e. The van der Waals surface area contributed by atoms with Crippen LogP contribution in [0.2, 0.25) is 0 Å². The molecule has 0 unspecified atom stereocenters. The minimum atomic E-state index is -0.358. The number of fused-ring (bicyclic) bond motifs is 11. The van der Waals surface area contributed by atoms with Gasteiger partial charge in [-0.25, -0.2) is 0 Å². The third-order valence-corrected chi connectivity index (χ3v) is 17.8. The average molecular weight is 1080 g/mol. The van der Waals surface area contributed by atoms with Gasteiger partial charge in [-0.3, -0.25) is 0 Å². The number of hydrogen-bond donors (Lipinski definition) is 3. The van der Waals surface area contributed by atoms with E-state index in [1.807, 2.05) is 6.07 Å². The predicted molar refractivity (Wildman–Crippen MR) is 356 cm³/mol. The van der Waals surface area contributed by atoms with Gasteiger partial charge in [-0.1, -0.05) is 264 Å². The Hall–Kier alpha value is -10.2. The highest BCUT2D eigenvalue weighted by molar-refractivity contribution is 5.96. The summed E-state index contributed by atoms with van der Waals surface area (Å²) in [5, 5.41) is 15.9. The van der Waals surface area contributed by atoms with E-state index in [1.54, 1.807) is 0 Å². The molecule has 3 nitrogen and oxygen atoms in total. The van der Waals surface area contributed by atoms with Gasteiger partial charge >= 0.3 is 0 Å². The molecule has 0 bridgehead atoms. The summed E-state index contributed by atoms with van der Waals surface area (Å²) < 4.78 is 0. The summed E-state index contributed by atoms with van der Waals surface area (Å²) in [7, 11) is 0. The van der Waals surface area contributed by atoms with Gasteiger partial charge in [0.15, 0.2) is 0 Å². The highest BCUT2D eigenvalue weighted by Gasteiger charge is 2.46. The van der Waals surface area contributed by atoms with E-state index in [2.05, 4.69) is 341 Å². The lowest BCUT2D eigenvalue weighted by Gasteiger charge is -2.34. The van der Waals surface area contributed by atoms with Gasteiger partial charge < -0.3 is 16.0 Å². The summed E-state index contributed by atoms with van der Waals surface area (Å²) >= 11 is 0. The van der Waals surface area contributed by atoms with Gasteiger partial charge in [0.1, 0.15) is 0 Å². The number of benzene rings is 13. The van der Waals surface area contributed by atoms with E-state index in [0.717, 1.165) is 34.1 Å². The lowest BCUT2D eigenvalue weighted by Crippen LogP contribution is -2.28. The molecular formula is C81H65N3. The standard InChI is InChI=1S/C31H23N.2C25H21N/c1-4-12-23(13-5-1)31(24-14-6-2-7-15-24)29-19-11-10-18-27(29)28-21-20-26(22-30(28)31)32-25-16-8-3-9-17-25;1-25(2)22-12-6-5-11-20(22)21-15-14-18(16-23(21)25)26-24-13-7-9-17-8-3-4-10-19(17)24;1-25(2)23-10-6-5-9-21(23)22-14-13-20(16-24(22)25)26-19-12-11-17-7-3-4-8-18(17)15-19/h1-22,32H;2*3-16,26H,1-2H3. The normalized spacial score (nSPS) is 13.8. The summed E-state index contributed by atoms with van der Waals surface area (Å²) in [5.74, 6) is 0. The Morgan fingerprint density at radius 1 is 0.226 bits per heavy atom. The molecule has 0 radical (unpaired) electrons. The number of anilines is 6. The lowest BCUT2D eigenvalue weighted by molar-refractivity contribution is 0.660. The van der Waals surface area contributed by atoms with Crippen LogP contribution in [0.4, 0.5) is 34.1 Å². The van der Waals surface area contributed by atoms with Crippen molar-refractivity contribution in [2.75, 3.05) is 16.0 Å². The average Bonchev–Trinajstić information content (AvgIpc) is 1.92. The zero-order chi connectivity index (χ0) is 56.8. The summed E-state index contributed by atoms with van der Waals surface area (Å²) in [6.07, 6.45) is 0. The van der Waals surface area contributed by atoms with Gasteiger partial charge in [0.2, 0.25) is 0 Å². The zero-order valence-electron chi connectivity index (χ0n) is 47.9. The van der Waals surface area contributed by atoms with Gasteiger partial charge in [0.05, 0.1) is 5.41 Å². The van der Waals surface area contributed by atoms with Crippen LogP contribution in [-0.4, -0.2) is 0 Å². The first kappa shape index (κ1) is 51.9. The van der Waals surface area contributed by atoms with Crippen LogP contribution >= 0.6 is 0 Å². The van der Waals surface area contributed by atoms with Crippen molar-refractivity contribution >= 4 is 55.7 Å². The van der Waals surface area contributed by atoms with Gasteiger partial charge in [0.25, 0.3) is 0 Å². The molecule has 0 spiro atoms. The van der Waals surface area contributed by atoms with E-state index in [-0.39, 0.29) is 16.2 Å². The minimum absolute atomic E-state index is 0.0301. The van der Waals surface area contributed by atoms with Crippen molar-refractivity contribution in [2.24, 2.45) is 0 Å². The molecule has 3 aliphatic carbocycles. The molecule has 0 fully saturated rings. The van der Waals surface area contributed by atoms with Gasteiger partial charge in [0, 0.05) is 50.3 Å². The molecule has 13 aromatic rings. The maximum Gasteiger partial charge on any atom is 0.0714 e. The Balaban J connectivity index is 0.000000113. The van der Waals surface area contributed by atoms with Crippen molar-refractivity contribution in [1.29, 1.82) is 0 Å². The van der Waals surface area contributed by atoms with Crippen molar-refractivity contribution in [3.8, 4) is 33.4 Å². The first-order valence-electron chi connectivity index (χ1n) is 29.3. The first-order chi connectivity index (χ1) is 41.1. The summed E-state index contributed by atoms with van der Waals surface area (Å²) in [6, 6.07) is 109. The van der Waals surface area contributed by atoms with Crippen LogP contribution in [0.1, 0.15) is 72.2 Å². The molecule has 0 saturated heterocycles. The van der Waals surface area contributed by atoms with Crippen LogP contribution in [0, 0.1) is 0 Å². The van der Waals surface area contributed by atoms with E-state index in [1.165, 1.54) is 99.4 Å². The third kappa shape index (κ3) is 9.10. The maximum atomic E-state index is 3.64. The van der Waals surface area contributed by atoms with Gasteiger partial charge in [-0.15, -0.1) is 0 Å². The fraction of sp³-hybridized carbons (Fsp3) is 0.0864. The fourth-order valence-electron chi connectivity index (χ4n) is 13.7. The van der Waals surface area contributed by atoms with Crippen LogP contribution in [0.15, 0.2) is 303 Å². The predicted octanol–water partition coefficient (Wildman–Crippen LogP) is 21.6. The van der Waals surface area contributed by atoms with E-state index in [9.17, 15) is 0 Å². The molecule has 16 rings (SSSR count). The van der Waals surface area contributed by atoms with Gasteiger partial charge in [-0.2, -0.15) is 0 Å². The second kappa shape index (κ2) is 21.3. The monoisotopic (exact) mass is 1080 g/mol. The second-order valence-electron chi connectivity index (χ2n) is 23.5. The van der Waals surface area contributed by atoms with Crippen molar-refractivity contribution < 1.29 is 0 Å². The van der Waals surface area contributed by atoms with Crippen LogP contribution in [0.25, 0.3) is 54.9 Å². The van der Waals surface area contributed by atoms with Crippen molar-refractivity contribution in [2.45, 2.75) is 43.9 Å². The van der Waals surface area contributed by atoms with Crippen molar-refractivity contribution in [1.82, 2.24) is 0 Å². The van der Waals surface area contributed by atoms with E-state index >= 15 is 0 Å². The molecule has 0 amide bonds. The molecule has 0 aliphatic heterocycles. The molecule has 0 atom stereocenters. The van der Waals surface area contributed by atoms with Gasteiger partial charge in [-0.05, 0) is 161 Å². The molecule has 3 aliphatic rings. The molecular weight excluding hydrogens is 1010 g/mol. The van der Waals surface area contributed by atoms with Crippen molar-refractivity contribution in [3.05, 3.63) is 348 Å². The van der Waals surface area contributed by atoms with E-state index in [0.29, 0.717) is 0 Å². The quantitative estimate of drug-likeness (QED) is 0.142. The summed E-state index contributed by atoms with van der Waals surface area (Å²) in [5.41, 5.74) is 25.3. The van der Waals surface area contributed by atoms with Crippen LogP contribution in [-0.2, 0) is 16.2 Å². The van der Waals surface area contributed by atoms with E-state index < -0.39 is 0 Å². The Kier molecular flexibility index (Phi) is 13.1. The van der Waals surface area contributed by atoms with E-state index in [4.69, 9.17) is 0 Å². The van der Waals surface area contributed by atoms with Crippen LogP contribution in [0.3, 0.4) is 0 Å². The van der Waals surface area contributed by atoms with Crippen LogP contribution in [0.5, 0.6) is 0 Å². The number of para-hydroxylation sites is 1. The number of nitrogens with one attached hydrogen (secondary N) is 3. The topological polar surface area (TPSA) is 36.1 Å². The fourth-order valence-corrected chi connectivity index (χ4v) is 13.7. The SMILES string of the molecule is CC1(C)c2ccccc2-c2ccc(Nc3ccc4ccccc4c3)cc21.CC1(C)c2ccccc2-c2ccc(Nc3cccc4ccccc34)cc21.c1ccc(Nc2ccc3c(c2)C(c2ccccc2)(c2ccccc2)c2ccccc2-3)cc1. The molecule has 0 heterocycles. The number of rotatable bonds is 8. The molecule has 84 heavy (non-hydrogen) atoms. The molecule has 0 saturated carbocycles. The Morgan fingerprint density at radius 3 is 1.19 bits per heavy atom. The molecule has 3 N–H and O–H groups in total. The smallest absolute Gasteiger partial charge is 0.0714 e. The Morgan fingerprint density at radius 2 is 0.607 bits per heavy atom. The lowest BCUT2D eigenvalue weighted by atomic mass is 9.67. The zero-order valence-corrected chi connectivity index (χ0v) is 47.9. The number of hydrogen-bond acceptors (Lipinski definition) is 3. The molecule has 3 heteroatoms. The third-order valence-electron chi connectivity index (χ3n) is 17.8. The summed E-state index contributed by atoms with van der Waals surface area (Å²) in [4.78, 5) is 0. The molecule has 0 aromatic heterocycles. The first-order valence-corrected chi connectivity index (χ1v) is 29.3. The summed E-state index contributed by atoms with van der Waals surface area (Å²) in [6.45, 7) is 9.27.